The van der Waals surface area contributed by atoms with Gasteiger partial charge in [-0.15, -0.1) is 0 Å². The number of sulfonamides is 1. The molecular formula is C19H21FN2O3S. The van der Waals surface area contributed by atoms with Crippen LogP contribution >= 0.6 is 0 Å². The van der Waals surface area contributed by atoms with E-state index in [0.717, 1.165) is 25.0 Å². The Bertz CT molecular complexity index is 863. The first-order chi connectivity index (χ1) is 12.4. The molecule has 0 aliphatic heterocycles. The second kappa shape index (κ2) is 7.55. The molecule has 1 amide bonds. The lowest BCUT2D eigenvalue weighted by atomic mass is 9.96. The first-order valence-corrected chi connectivity index (χ1v) is 9.97. The fourth-order valence-corrected chi connectivity index (χ4v) is 3.89. The summed E-state index contributed by atoms with van der Waals surface area (Å²) in [6.45, 7) is 0.546. The number of hydrogen-bond donors (Lipinski definition) is 2. The van der Waals surface area contributed by atoms with Gasteiger partial charge in [-0.05, 0) is 42.7 Å². The predicted molar refractivity (Wildman–Crippen MR) is 96.6 cm³/mol. The zero-order chi connectivity index (χ0) is 18.6. The number of nitrogens with one attached hydrogen (secondary N) is 2. The molecule has 1 saturated carbocycles. The number of amides is 1. The quantitative estimate of drug-likeness (QED) is 0.743. The van der Waals surface area contributed by atoms with Gasteiger partial charge in [-0.1, -0.05) is 30.3 Å². The number of carbonyl (C=O) groups is 1. The van der Waals surface area contributed by atoms with Crippen LogP contribution in [0.15, 0.2) is 59.5 Å². The summed E-state index contributed by atoms with van der Waals surface area (Å²) in [5.74, 6) is -0.704. The molecule has 1 aliphatic carbocycles. The van der Waals surface area contributed by atoms with Crippen molar-refractivity contribution in [2.24, 2.45) is 0 Å². The Labute approximate surface area is 152 Å². The lowest BCUT2D eigenvalue weighted by Gasteiger charge is -2.16. The molecular weight excluding hydrogens is 355 g/mol. The third-order valence-corrected chi connectivity index (χ3v) is 6.11. The van der Waals surface area contributed by atoms with E-state index in [0.29, 0.717) is 6.54 Å². The van der Waals surface area contributed by atoms with Gasteiger partial charge in [0.1, 0.15) is 5.82 Å². The van der Waals surface area contributed by atoms with Gasteiger partial charge in [-0.3, -0.25) is 4.79 Å². The van der Waals surface area contributed by atoms with Crippen molar-refractivity contribution in [1.82, 2.24) is 10.0 Å². The van der Waals surface area contributed by atoms with E-state index in [4.69, 9.17) is 0 Å². The van der Waals surface area contributed by atoms with Gasteiger partial charge in [0.15, 0.2) is 0 Å². The lowest BCUT2D eigenvalue weighted by molar-refractivity contribution is -0.121. The van der Waals surface area contributed by atoms with Crippen LogP contribution in [0, 0.1) is 5.82 Å². The Morgan fingerprint density at radius 2 is 1.69 bits per heavy atom. The number of benzene rings is 2. The Morgan fingerprint density at radius 3 is 2.31 bits per heavy atom. The molecule has 0 aromatic heterocycles. The molecule has 2 aromatic rings. The molecule has 0 atom stereocenters. The Hall–Kier alpha value is -2.25. The van der Waals surface area contributed by atoms with Crippen molar-refractivity contribution in [3.63, 3.8) is 0 Å². The summed E-state index contributed by atoms with van der Waals surface area (Å²) in [4.78, 5) is 12.0. The normalized spacial score (nSPS) is 15.4. The molecule has 138 valence electrons. The van der Waals surface area contributed by atoms with Gasteiger partial charge in [0.2, 0.25) is 15.9 Å². The van der Waals surface area contributed by atoms with E-state index in [1.807, 2.05) is 18.2 Å². The summed E-state index contributed by atoms with van der Waals surface area (Å²) >= 11 is 0. The summed E-state index contributed by atoms with van der Waals surface area (Å²) < 4.78 is 39.4. The number of hydrogen-bond acceptors (Lipinski definition) is 3. The maximum atomic E-state index is 12.9. The van der Waals surface area contributed by atoms with E-state index < -0.39 is 15.8 Å². The number of halogens is 1. The van der Waals surface area contributed by atoms with E-state index in [1.54, 1.807) is 0 Å². The highest BCUT2D eigenvalue weighted by molar-refractivity contribution is 7.89. The molecule has 26 heavy (non-hydrogen) atoms. The summed E-state index contributed by atoms with van der Waals surface area (Å²) in [6.07, 6.45) is 2.12. The average Bonchev–Trinajstić information content (AvgIpc) is 3.42. The van der Waals surface area contributed by atoms with Crippen molar-refractivity contribution in [2.75, 3.05) is 13.1 Å². The second-order valence-corrected chi connectivity index (χ2v) is 8.29. The third kappa shape index (κ3) is 4.47. The smallest absolute Gasteiger partial charge is 0.240 e. The molecule has 0 saturated heterocycles. The largest absolute Gasteiger partial charge is 0.355 e. The summed E-state index contributed by atoms with van der Waals surface area (Å²) in [7, 11) is -3.74. The van der Waals surface area contributed by atoms with E-state index >= 15 is 0 Å². The Morgan fingerprint density at radius 1 is 1.04 bits per heavy atom. The minimum atomic E-state index is -3.74. The highest BCUT2D eigenvalue weighted by atomic mass is 32.2. The van der Waals surface area contributed by atoms with Crippen LogP contribution < -0.4 is 10.0 Å². The monoisotopic (exact) mass is 376 g/mol. The number of rotatable bonds is 8. The van der Waals surface area contributed by atoms with E-state index in [9.17, 15) is 17.6 Å². The standard InChI is InChI=1S/C19H21FN2O3S/c20-16-6-8-17(9-7-16)26(24,25)22-13-10-18(23)21-14-19(11-12-19)15-4-2-1-3-5-15/h1-9,22H,10-14H2,(H,21,23). The van der Waals surface area contributed by atoms with Crippen molar-refractivity contribution < 1.29 is 17.6 Å². The zero-order valence-corrected chi connectivity index (χ0v) is 15.1. The summed E-state index contributed by atoms with van der Waals surface area (Å²) in [5, 5.41) is 2.89. The molecule has 3 rings (SSSR count). The van der Waals surface area contributed by atoms with Crippen LogP contribution in [0.2, 0.25) is 0 Å². The van der Waals surface area contributed by atoms with E-state index in [-0.39, 0.29) is 29.2 Å². The maximum absolute atomic E-state index is 12.9. The first-order valence-electron chi connectivity index (χ1n) is 8.49. The molecule has 1 aliphatic rings. The van der Waals surface area contributed by atoms with Gasteiger partial charge in [-0.2, -0.15) is 0 Å². The fourth-order valence-electron chi connectivity index (χ4n) is 2.86. The van der Waals surface area contributed by atoms with E-state index in [2.05, 4.69) is 22.2 Å². The minimum absolute atomic E-state index is 0.0100. The van der Waals surface area contributed by atoms with Crippen molar-refractivity contribution in [2.45, 2.75) is 29.6 Å². The van der Waals surface area contributed by atoms with Crippen LogP contribution in [-0.2, 0) is 20.2 Å². The van der Waals surface area contributed by atoms with Gasteiger partial charge in [-0.25, -0.2) is 17.5 Å². The van der Waals surface area contributed by atoms with Gasteiger partial charge >= 0.3 is 0 Å². The Kier molecular flexibility index (Phi) is 5.38. The molecule has 0 radical (unpaired) electrons. The molecule has 0 unspecified atom stereocenters. The third-order valence-electron chi connectivity index (χ3n) is 4.63. The SMILES string of the molecule is O=C(CCNS(=O)(=O)c1ccc(F)cc1)NCC1(c2ccccc2)CC1. The van der Waals surface area contributed by atoms with E-state index in [1.165, 1.54) is 17.7 Å². The van der Waals surface area contributed by atoms with Crippen molar-refractivity contribution in [3.8, 4) is 0 Å². The predicted octanol–water partition coefficient (Wildman–Crippen LogP) is 2.34. The van der Waals surface area contributed by atoms with Crippen molar-refractivity contribution in [1.29, 1.82) is 0 Å². The molecule has 7 heteroatoms. The second-order valence-electron chi connectivity index (χ2n) is 6.52. The minimum Gasteiger partial charge on any atom is -0.355 e. The van der Waals surface area contributed by atoms with Gasteiger partial charge in [0.05, 0.1) is 4.90 Å². The molecule has 2 aromatic carbocycles. The zero-order valence-electron chi connectivity index (χ0n) is 14.2. The molecule has 1 fully saturated rings. The highest BCUT2D eigenvalue weighted by Crippen LogP contribution is 2.47. The van der Waals surface area contributed by atoms with Gasteiger partial charge in [0, 0.05) is 24.9 Å². The van der Waals surface area contributed by atoms with Crippen molar-refractivity contribution >= 4 is 15.9 Å². The first kappa shape index (κ1) is 18.5. The maximum Gasteiger partial charge on any atom is 0.240 e. The number of carbonyl (C=O) groups excluding carboxylic acids is 1. The summed E-state index contributed by atoms with van der Waals surface area (Å²) in [6, 6.07) is 14.6. The molecule has 0 bridgehead atoms. The molecule has 0 spiro atoms. The molecule has 2 N–H and O–H groups in total. The van der Waals surface area contributed by atoms with Crippen LogP contribution in [-0.4, -0.2) is 27.4 Å². The van der Waals surface area contributed by atoms with Crippen LogP contribution in [0.5, 0.6) is 0 Å². The van der Waals surface area contributed by atoms with Gasteiger partial charge in [0.25, 0.3) is 0 Å². The summed E-state index contributed by atoms with van der Waals surface area (Å²) in [5.41, 5.74) is 1.24. The topological polar surface area (TPSA) is 75.3 Å². The van der Waals surface area contributed by atoms with Gasteiger partial charge < -0.3 is 5.32 Å². The van der Waals surface area contributed by atoms with Crippen LogP contribution in [0.25, 0.3) is 0 Å². The fraction of sp³-hybridized carbons (Fsp3) is 0.316. The van der Waals surface area contributed by atoms with Crippen molar-refractivity contribution in [3.05, 3.63) is 66.0 Å². The average molecular weight is 376 g/mol. The molecule has 5 nitrogen and oxygen atoms in total. The Balaban J connectivity index is 1.45. The van der Waals surface area contributed by atoms with Crippen LogP contribution in [0.4, 0.5) is 4.39 Å². The molecule has 0 heterocycles. The van der Waals surface area contributed by atoms with Crippen LogP contribution in [0.3, 0.4) is 0 Å². The van der Waals surface area contributed by atoms with Crippen LogP contribution in [0.1, 0.15) is 24.8 Å². The highest BCUT2D eigenvalue weighted by Gasteiger charge is 2.44. The lowest BCUT2D eigenvalue weighted by Crippen LogP contribution is -2.35.